The fourth-order valence-electron chi connectivity index (χ4n) is 2.86. The zero-order valence-corrected chi connectivity index (χ0v) is 14.9. The predicted octanol–water partition coefficient (Wildman–Crippen LogP) is 0.732. The van der Waals surface area contributed by atoms with E-state index in [-0.39, 0.29) is 24.9 Å². The van der Waals surface area contributed by atoms with Gasteiger partial charge >= 0.3 is 0 Å². The van der Waals surface area contributed by atoms with Gasteiger partial charge in [0.1, 0.15) is 5.00 Å². The molecule has 0 bridgehead atoms. The van der Waals surface area contributed by atoms with E-state index in [0.717, 1.165) is 29.7 Å². The molecule has 1 heterocycles. The molecule has 3 amide bonds. The van der Waals surface area contributed by atoms with Crippen molar-refractivity contribution in [2.24, 2.45) is 5.73 Å². The van der Waals surface area contributed by atoms with E-state index in [0.29, 0.717) is 23.7 Å². The van der Waals surface area contributed by atoms with Gasteiger partial charge in [0.15, 0.2) is 0 Å². The summed E-state index contributed by atoms with van der Waals surface area (Å²) in [4.78, 5) is 38.5. The van der Waals surface area contributed by atoms with Gasteiger partial charge in [-0.25, -0.2) is 0 Å². The molecule has 0 unspecified atom stereocenters. The zero-order valence-electron chi connectivity index (χ0n) is 14.1. The van der Waals surface area contributed by atoms with Crippen LogP contribution < -0.4 is 16.4 Å². The van der Waals surface area contributed by atoms with Crippen molar-refractivity contribution in [1.82, 2.24) is 10.2 Å². The number of hydrogen-bond donors (Lipinski definition) is 3. The summed E-state index contributed by atoms with van der Waals surface area (Å²) in [7, 11) is 0. The van der Waals surface area contributed by atoms with Gasteiger partial charge in [-0.15, -0.1) is 11.3 Å². The third-order valence-electron chi connectivity index (χ3n) is 3.98. The molecule has 0 fully saturated rings. The number of nitrogens with two attached hydrogens (primary N) is 1. The molecule has 0 aliphatic heterocycles. The fourth-order valence-corrected chi connectivity index (χ4v) is 4.17. The van der Waals surface area contributed by atoms with Crippen LogP contribution in [0.25, 0.3) is 0 Å². The number of rotatable bonds is 8. The van der Waals surface area contributed by atoms with Crippen molar-refractivity contribution < 1.29 is 14.4 Å². The molecule has 1 aromatic rings. The number of hydrogen-bond acceptors (Lipinski definition) is 5. The van der Waals surface area contributed by atoms with Crippen LogP contribution in [-0.2, 0) is 22.4 Å². The molecule has 2 rings (SSSR count). The molecule has 7 nitrogen and oxygen atoms in total. The van der Waals surface area contributed by atoms with Crippen LogP contribution in [0.1, 0.15) is 41.1 Å². The Bertz CT molecular complexity index is 642. The number of thiophene rings is 1. The van der Waals surface area contributed by atoms with E-state index in [1.165, 1.54) is 11.3 Å². The smallest absolute Gasteiger partial charge is 0.251 e. The molecule has 0 saturated carbocycles. The Labute approximate surface area is 145 Å². The zero-order chi connectivity index (χ0) is 17.7. The lowest BCUT2D eigenvalue weighted by atomic mass is 10.1. The first kappa shape index (κ1) is 18.4. The summed E-state index contributed by atoms with van der Waals surface area (Å²) < 4.78 is 0. The minimum Gasteiger partial charge on any atom is -0.365 e. The van der Waals surface area contributed by atoms with E-state index in [4.69, 9.17) is 5.73 Å². The third kappa shape index (κ3) is 4.33. The Balaban J connectivity index is 2.02. The van der Waals surface area contributed by atoms with Gasteiger partial charge in [-0.1, -0.05) is 6.92 Å². The normalized spacial score (nSPS) is 13.0. The molecule has 0 spiro atoms. The van der Waals surface area contributed by atoms with Crippen LogP contribution in [-0.4, -0.2) is 48.8 Å². The Morgan fingerprint density at radius 1 is 1.17 bits per heavy atom. The molecule has 4 N–H and O–H groups in total. The molecule has 0 saturated heterocycles. The van der Waals surface area contributed by atoms with E-state index < -0.39 is 5.91 Å². The monoisotopic (exact) mass is 352 g/mol. The van der Waals surface area contributed by atoms with E-state index in [1.807, 2.05) is 13.8 Å². The van der Waals surface area contributed by atoms with Crippen LogP contribution in [0.2, 0.25) is 0 Å². The Morgan fingerprint density at radius 2 is 1.88 bits per heavy atom. The second kappa shape index (κ2) is 8.25. The highest BCUT2D eigenvalue weighted by molar-refractivity contribution is 7.17. The Kier molecular flexibility index (Phi) is 6.33. The first-order valence-corrected chi connectivity index (χ1v) is 9.01. The van der Waals surface area contributed by atoms with Crippen LogP contribution in [0.5, 0.6) is 0 Å². The average molecular weight is 352 g/mol. The van der Waals surface area contributed by atoms with Crippen molar-refractivity contribution in [3.05, 3.63) is 16.0 Å². The molecule has 1 aliphatic rings. The highest BCUT2D eigenvalue weighted by atomic mass is 32.1. The van der Waals surface area contributed by atoms with Crippen LogP contribution in [0.4, 0.5) is 5.00 Å². The van der Waals surface area contributed by atoms with Gasteiger partial charge in [-0.3, -0.25) is 19.3 Å². The van der Waals surface area contributed by atoms with E-state index in [9.17, 15) is 14.4 Å². The summed E-state index contributed by atoms with van der Waals surface area (Å²) in [5.74, 6) is -0.858. The number of carbonyl (C=O) groups excluding carboxylic acids is 3. The molecule has 0 aromatic carbocycles. The predicted molar refractivity (Wildman–Crippen MR) is 94.3 cm³/mol. The number of primary amides is 1. The summed E-state index contributed by atoms with van der Waals surface area (Å²) in [6.45, 7) is 5.14. The lowest BCUT2D eigenvalue weighted by Gasteiger charge is -2.19. The van der Waals surface area contributed by atoms with Crippen LogP contribution in [0.3, 0.4) is 0 Å². The lowest BCUT2D eigenvalue weighted by molar-refractivity contribution is -0.123. The van der Waals surface area contributed by atoms with Crippen molar-refractivity contribution in [3.8, 4) is 0 Å². The third-order valence-corrected chi connectivity index (χ3v) is 5.18. The number of nitrogens with zero attached hydrogens (tertiary/aromatic N) is 1. The minimum absolute atomic E-state index is 0.0917. The number of aryl methyl sites for hydroxylation is 1. The standard InChI is InChI=1S/C16H24N4O3S/c1-3-18-12(21)8-20(4-2)9-13(22)19-16-14(15(17)23)10-6-5-7-11(10)24-16/h3-9H2,1-2H3,(H2,17,23)(H,18,21)(H,19,22). The topological polar surface area (TPSA) is 105 Å². The highest BCUT2D eigenvalue weighted by Gasteiger charge is 2.26. The number of fused-ring (bicyclic) bond motifs is 1. The largest absolute Gasteiger partial charge is 0.365 e. The molecule has 1 aliphatic carbocycles. The molecule has 1 aromatic heterocycles. The Hall–Kier alpha value is -1.93. The van der Waals surface area contributed by atoms with Gasteiger partial charge in [0.05, 0.1) is 18.7 Å². The van der Waals surface area contributed by atoms with Crippen LogP contribution >= 0.6 is 11.3 Å². The summed E-state index contributed by atoms with van der Waals surface area (Å²) in [6, 6.07) is 0. The first-order valence-electron chi connectivity index (χ1n) is 8.19. The fraction of sp³-hybridized carbons (Fsp3) is 0.562. The molecule has 8 heteroatoms. The Morgan fingerprint density at radius 3 is 2.50 bits per heavy atom. The van der Waals surface area contributed by atoms with Crippen molar-refractivity contribution >= 4 is 34.1 Å². The SMILES string of the molecule is CCNC(=O)CN(CC)CC(=O)Nc1sc2c(c1C(N)=O)CCC2. The molecule has 0 atom stereocenters. The number of nitrogens with one attached hydrogen (secondary N) is 2. The first-order chi connectivity index (χ1) is 11.5. The second-order valence-electron chi connectivity index (χ2n) is 5.73. The number of carbonyl (C=O) groups is 3. The van der Waals surface area contributed by atoms with E-state index in [2.05, 4.69) is 10.6 Å². The molecule has 24 heavy (non-hydrogen) atoms. The molecular formula is C16H24N4O3S. The summed E-state index contributed by atoms with van der Waals surface area (Å²) in [5.41, 5.74) is 6.92. The summed E-state index contributed by atoms with van der Waals surface area (Å²) in [6.07, 6.45) is 2.78. The van der Waals surface area contributed by atoms with E-state index in [1.54, 1.807) is 4.90 Å². The van der Waals surface area contributed by atoms with Gasteiger partial charge in [0.2, 0.25) is 11.8 Å². The average Bonchev–Trinajstić information content (AvgIpc) is 3.06. The quantitative estimate of drug-likeness (QED) is 0.641. The highest BCUT2D eigenvalue weighted by Crippen LogP contribution is 2.38. The van der Waals surface area contributed by atoms with Crippen molar-refractivity contribution in [3.63, 3.8) is 0 Å². The van der Waals surface area contributed by atoms with Crippen LogP contribution in [0.15, 0.2) is 0 Å². The van der Waals surface area contributed by atoms with Gasteiger partial charge in [-0.05, 0) is 38.3 Å². The maximum absolute atomic E-state index is 12.3. The lowest BCUT2D eigenvalue weighted by Crippen LogP contribution is -2.41. The number of amides is 3. The molecular weight excluding hydrogens is 328 g/mol. The maximum atomic E-state index is 12.3. The number of likely N-dealkylation sites (N-methyl/N-ethyl adjacent to an activating group) is 2. The van der Waals surface area contributed by atoms with Crippen LogP contribution in [0, 0.1) is 0 Å². The molecule has 0 radical (unpaired) electrons. The van der Waals surface area contributed by atoms with Gasteiger partial charge in [-0.2, -0.15) is 0 Å². The minimum atomic E-state index is -0.501. The molecule has 132 valence electrons. The van der Waals surface area contributed by atoms with Gasteiger partial charge < -0.3 is 16.4 Å². The van der Waals surface area contributed by atoms with Gasteiger partial charge in [0, 0.05) is 11.4 Å². The second-order valence-corrected chi connectivity index (χ2v) is 6.84. The summed E-state index contributed by atoms with van der Waals surface area (Å²) >= 11 is 1.43. The van der Waals surface area contributed by atoms with Crippen molar-refractivity contribution in [1.29, 1.82) is 0 Å². The van der Waals surface area contributed by atoms with Crippen molar-refractivity contribution in [2.45, 2.75) is 33.1 Å². The summed E-state index contributed by atoms with van der Waals surface area (Å²) in [5, 5.41) is 6.04. The van der Waals surface area contributed by atoms with Crippen molar-refractivity contribution in [2.75, 3.05) is 31.5 Å². The maximum Gasteiger partial charge on any atom is 0.251 e. The van der Waals surface area contributed by atoms with Gasteiger partial charge in [0.25, 0.3) is 5.91 Å². The number of anilines is 1. The van der Waals surface area contributed by atoms with E-state index >= 15 is 0 Å².